The number of hydrogen-bond acceptors (Lipinski definition) is 3. The van der Waals surface area contributed by atoms with Gasteiger partial charge in [-0.15, -0.1) is 0 Å². The summed E-state index contributed by atoms with van der Waals surface area (Å²) in [6, 6.07) is 15.5. The second-order valence-corrected chi connectivity index (χ2v) is 6.79. The molecule has 1 N–H and O–H groups in total. The van der Waals surface area contributed by atoms with Gasteiger partial charge in [0.25, 0.3) is 11.7 Å². The van der Waals surface area contributed by atoms with E-state index in [1.54, 1.807) is 14.2 Å². The molecule has 1 aromatic heterocycles. The maximum absolute atomic E-state index is 12.7. The van der Waals surface area contributed by atoms with Crippen LogP contribution in [-0.4, -0.2) is 24.7 Å². The number of methoxy groups -OCH3 is 2. The highest BCUT2D eigenvalue weighted by atomic mass is 35.5. The summed E-state index contributed by atoms with van der Waals surface area (Å²) in [5, 5.41) is 2.95. The van der Waals surface area contributed by atoms with Gasteiger partial charge in [-0.05, 0) is 42.8 Å². The summed E-state index contributed by atoms with van der Waals surface area (Å²) in [4.78, 5) is 12.7. The maximum atomic E-state index is 12.7. The monoisotopic (exact) mass is 413 g/mol. The summed E-state index contributed by atoms with van der Waals surface area (Å²) >= 11 is 0. The molecular weight excluding hydrogens is 390 g/mol. The van der Waals surface area contributed by atoms with Gasteiger partial charge >= 0.3 is 0 Å². The van der Waals surface area contributed by atoms with Gasteiger partial charge in [-0.25, -0.2) is 9.13 Å². The van der Waals surface area contributed by atoms with E-state index in [1.807, 2.05) is 36.4 Å². The molecule has 2 aromatic carbocycles. The van der Waals surface area contributed by atoms with E-state index < -0.39 is 0 Å². The Morgan fingerprint density at radius 3 is 2.59 bits per heavy atom. The zero-order valence-corrected chi connectivity index (χ0v) is 17.3. The van der Waals surface area contributed by atoms with Crippen molar-refractivity contribution < 1.29 is 31.2 Å². The van der Waals surface area contributed by atoms with Crippen LogP contribution in [0.3, 0.4) is 0 Å². The number of imidazole rings is 1. The minimum Gasteiger partial charge on any atom is -1.00 e. The van der Waals surface area contributed by atoms with Crippen molar-refractivity contribution in [3.05, 3.63) is 60.6 Å². The van der Waals surface area contributed by atoms with Gasteiger partial charge in [0.05, 0.1) is 32.9 Å². The predicted molar refractivity (Wildman–Crippen MR) is 107 cm³/mol. The topological polar surface area (TPSA) is 56.4 Å². The molecule has 1 aliphatic rings. The average Bonchev–Trinajstić information content (AvgIpc) is 3.32. The Labute approximate surface area is 176 Å². The third kappa shape index (κ3) is 4.22. The Morgan fingerprint density at radius 2 is 1.86 bits per heavy atom. The number of carbonyl (C=O) groups excluding carboxylic acids is 1. The minimum atomic E-state index is -0.0731. The Kier molecular flexibility index (Phi) is 6.44. The van der Waals surface area contributed by atoms with E-state index in [1.165, 1.54) is 5.82 Å². The fraction of sp³-hybridized carbons (Fsp3) is 0.273. The van der Waals surface area contributed by atoms with Gasteiger partial charge in [-0.2, -0.15) is 0 Å². The Hall–Kier alpha value is -2.99. The van der Waals surface area contributed by atoms with Crippen molar-refractivity contribution in [1.29, 1.82) is 0 Å². The number of ether oxygens (including phenoxy) is 2. The Balaban J connectivity index is 0.00000240. The molecule has 0 bridgehead atoms. The molecule has 0 aliphatic carbocycles. The van der Waals surface area contributed by atoms with Gasteiger partial charge in [0.1, 0.15) is 17.7 Å². The lowest BCUT2D eigenvalue weighted by Crippen LogP contribution is -3.00. The zero-order chi connectivity index (χ0) is 19.5. The van der Waals surface area contributed by atoms with Crippen molar-refractivity contribution in [1.82, 2.24) is 4.57 Å². The molecule has 1 aliphatic heterocycles. The van der Waals surface area contributed by atoms with Crippen molar-refractivity contribution in [3.8, 4) is 22.8 Å². The standard InChI is InChI=1S/C22H23N3O3.ClH/c1-27-17-11-9-16(10-12-17)19-14-24(22-8-5-13-25(19)22)15-21(26)23-18-6-3-4-7-20(18)28-2;/h3-4,6-7,9-12,14H,5,8,13,15H2,1-2H3;1H. The first-order valence-corrected chi connectivity index (χ1v) is 9.38. The number of halogens is 1. The summed E-state index contributed by atoms with van der Waals surface area (Å²) in [5.74, 6) is 2.60. The molecule has 0 saturated carbocycles. The highest BCUT2D eigenvalue weighted by Crippen LogP contribution is 2.27. The first-order valence-electron chi connectivity index (χ1n) is 9.38. The van der Waals surface area contributed by atoms with Crippen molar-refractivity contribution in [2.45, 2.75) is 25.9 Å². The molecule has 152 valence electrons. The van der Waals surface area contributed by atoms with Gasteiger partial charge in [0, 0.05) is 5.56 Å². The molecule has 0 fully saturated rings. The molecule has 0 spiro atoms. The van der Waals surface area contributed by atoms with Crippen molar-refractivity contribution in [2.75, 3.05) is 19.5 Å². The van der Waals surface area contributed by atoms with Crippen LogP contribution >= 0.6 is 0 Å². The number of carbonyl (C=O) groups is 1. The second kappa shape index (κ2) is 9.01. The number of nitrogens with one attached hydrogen (secondary N) is 1. The molecule has 4 rings (SSSR count). The molecule has 7 heteroatoms. The fourth-order valence-electron chi connectivity index (χ4n) is 3.73. The maximum Gasteiger partial charge on any atom is 0.266 e. The molecular formula is C22H24ClN3O3. The number of nitrogens with zero attached hydrogens (tertiary/aromatic N) is 2. The van der Waals surface area contributed by atoms with Crippen molar-refractivity contribution in [3.63, 3.8) is 0 Å². The highest BCUT2D eigenvalue weighted by molar-refractivity contribution is 5.91. The number of amides is 1. The van der Waals surface area contributed by atoms with Crippen LogP contribution in [0.2, 0.25) is 0 Å². The number of para-hydroxylation sites is 2. The molecule has 29 heavy (non-hydrogen) atoms. The normalized spacial score (nSPS) is 12.1. The summed E-state index contributed by atoms with van der Waals surface area (Å²) in [7, 11) is 3.26. The van der Waals surface area contributed by atoms with Crippen LogP contribution in [0.15, 0.2) is 54.7 Å². The number of fused-ring (bicyclic) bond motifs is 1. The second-order valence-electron chi connectivity index (χ2n) is 6.79. The third-order valence-electron chi connectivity index (χ3n) is 5.07. The fourth-order valence-corrected chi connectivity index (χ4v) is 3.73. The first-order chi connectivity index (χ1) is 13.7. The average molecular weight is 414 g/mol. The minimum absolute atomic E-state index is 0. The highest BCUT2D eigenvalue weighted by Gasteiger charge is 2.29. The lowest BCUT2D eigenvalue weighted by atomic mass is 10.1. The van der Waals surface area contributed by atoms with E-state index in [0.717, 1.165) is 36.4 Å². The van der Waals surface area contributed by atoms with E-state index in [0.29, 0.717) is 11.4 Å². The molecule has 0 radical (unpaired) electrons. The van der Waals surface area contributed by atoms with E-state index in [9.17, 15) is 4.79 Å². The summed E-state index contributed by atoms with van der Waals surface area (Å²) in [6.07, 6.45) is 4.13. The van der Waals surface area contributed by atoms with E-state index in [-0.39, 0.29) is 24.9 Å². The molecule has 2 heterocycles. The third-order valence-corrected chi connectivity index (χ3v) is 5.07. The van der Waals surface area contributed by atoms with Gasteiger partial charge in [-0.3, -0.25) is 4.79 Å². The predicted octanol–water partition coefficient (Wildman–Crippen LogP) is 0.0487. The van der Waals surface area contributed by atoms with Crippen LogP contribution < -0.4 is 31.8 Å². The molecule has 0 atom stereocenters. The van der Waals surface area contributed by atoms with Gasteiger partial charge in [0.15, 0.2) is 12.2 Å². The van der Waals surface area contributed by atoms with Crippen LogP contribution in [0, 0.1) is 0 Å². The largest absolute Gasteiger partial charge is 1.00 e. The summed E-state index contributed by atoms with van der Waals surface area (Å²) in [5.41, 5.74) is 2.93. The Morgan fingerprint density at radius 1 is 1.10 bits per heavy atom. The zero-order valence-electron chi connectivity index (χ0n) is 16.5. The summed E-state index contributed by atoms with van der Waals surface area (Å²) in [6.45, 7) is 1.24. The summed E-state index contributed by atoms with van der Waals surface area (Å²) < 4.78 is 14.9. The quantitative estimate of drug-likeness (QED) is 0.581. The first kappa shape index (κ1) is 20.7. The SMILES string of the molecule is COc1ccc(-c2c[n+](CC(=O)Nc3ccccc3OC)c3n2CCC3)cc1.[Cl-]. The van der Waals surface area contributed by atoms with Crippen LogP contribution in [0.1, 0.15) is 12.2 Å². The van der Waals surface area contributed by atoms with E-state index in [2.05, 4.69) is 32.8 Å². The van der Waals surface area contributed by atoms with Crippen LogP contribution in [0.4, 0.5) is 5.69 Å². The molecule has 3 aromatic rings. The van der Waals surface area contributed by atoms with Gasteiger partial charge in [0.2, 0.25) is 0 Å². The lowest BCUT2D eigenvalue weighted by Gasteiger charge is -2.09. The van der Waals surface area contributed by atoms with Crippen molar-refractivity contribution >= 4 is 11.6 Å². The van der Waals surface area contributed by atoms with Crippen LogP contribution in [0.5, 0.6) is 11.5 Å². The Bertz CT molecular complexity index is 999. The smallest absolute Gasteiger partial charge is 0.266 e. The lowest BCUT2D eigenvalue weighted by molar-refractivity contribution is -0.690. The van der Waals surface area contributed by atoms with E-state index in [4.69, 9.17) is 9.47 Å². The number of rotatable bonds is 6. The van der Waals surface area contributed by atoms with Gasteiger partial charge in [-0.1, -0.05) is 12.1 Å². The molecule has 1 amide bonds. The number of hydrogen-bond donors (Lipinski definition) is 1. The van der Waals surface area contributed by atoms with Crippen LogP contribution in [-0.2, 0) is 24.3 Å². The molecule has 0 saturated heterocycles. The number of aromatic nitrogens is 2. The van der Waals surface area contributed by atoms with Crippen LogP contribution in [0.25, 0.3) is 11.3 Å². The van der Waals surface area contributed by atoms with E-state index >= 15 is 0 Å². The molecule has 6 nitrogen and oxygen atoms in total. The number of anilines is 1. The van der Waals surface area contributed by atoms with Crippen molar-refractivity contribution in [2.24, 2.45) is 0 Å². The van der Waals surface area contributed by atoms with Gasteiger partial charge < -0.3 is 27.2 Å². The number of benzene rings is 2. The molecule has 0 unspecified atom stereocenters.